The topological polar surface area (TPSA) is 117 Å². The van der Waals surface area contributed by atoms with Gasteiger partial charge in [-0.3, -0.25) is 14.7 Å². The summed E-state index contributed by atoms with van der Waals surface area (Å²) >= 11 is 0. The zero-order valence-electron chi connectivity index (χ0n) is 15.8. The van der Waals surface area contributed by atoms with Crippen molar-refractivity contribution < 1.29 is 19.4 Å². The molecule has 0 aliphatic carbocycles. The number of carbonyl (C=O) groups excluding carboxylic acids is 1. The molecule has 0 bridgehead atoms. The molecule has 0 aliphatic heterocycles. The van der Waals surface area contributed by atoms with Crippen LogP contribution in [0.2, 0.25) is 0 Å². The number of nitrogens with one attached hydrogen (secondary N) is 2. The van der Waals surface area contributed by atoms with Crippen LogP contribution in [-0.2, 0) is 9.53 Å². The molecule has 0 saturated heterocycles. The molecular weight excluding hydrogens is 362 g/mol. The number of ether oxygens (including phenoxy) is 2. The second-order valence-corrected chi connectivity index (χ2v) is 6.34. The molecule has 3 aromatic rings. The van der Waals surface area contributed by atoms with Crippen molar-refractivity contribution in [3.63, 3.8) is 0 Å². The van der Waals surface area contributed by atoms with Crippen LogP contribution in [0.3, 0.4) is 0 Å². The second-order valence-electron chi connectivity index (χ2n) is 6.34. The molecule has 3 N–H and O–H groups in total. The standard InChI is InChI=1S/C20H21N3O5/c1-11-8-16(24)18(20(26)22-11)14(9-17(25)28-3)15-10-21-23-19(15)12-4-6-13(27-2)7-5-12/h4-8,10,14H,9H2,1-3H3,(H,21,23)(H2,22,24,26)/t14-/m1/s1. The number of aromatic amines is 2. The van der Waals surface area contributed by atoms with Gasteiger partial charge < -0.3 is 19.6 Å². The molecule has 0 unspecified atom stereocenters. The van der Waals surface area contributed by atoms with Crippen molar-refractivity contribution in [2.75, 3.05) is 14.2 Å². The molecule has 0 amide bonds. The van der Waals surface area contributed by atoms with Gasteiger partial charge in [0.2, 0.25) is 0 Å². The van der Waals surface area contributed by atoms with Crippen molar-refractivity contribution in [2.45, 2.75) is 19.3 Å². The quantitative estimate of drug-likeness (QED) is 0.563. The van der Waals surface area contributed by atoms with Gasteiger partial charge in [0, 0.05) is 22.7 Å². The highest BCUT2D eigenvalue weighted by molar-refractivity contribution is 5.73. The van der Waals surface area contributed by atoms with Crippen LogP contribution in [-0.4, -0.2) is 40.5 Å². The van der Waals surface area contributed by atoms with E-state index >= 15 is 0 Å². The summed E-state index contributed by atoms with van der Waals surface area (Å²) in [7, 11) is 2.86. The summed E-state index contributed by atoms with van der Waals surface area (Å²) in [4.78, 5) is 27.3. The maximum Gasteiger partial charge on any atom is 0.306 e. The van der Waals surface area contributed by atoms with Gasteiger partial charge in [-0.05, 0) is 37.3 Å². The van der Waals surface area contributed by atoms with E-state index in [1.165, 1.54) is 13.2 Å². The number of H-pyrrole nitrogens is 2. The van der Waals surface area contributed by atoms with E-state index in [0.717, 1.165) is 5.56 Å². The Kier molecular flexibility index (Phi) is 5.49. The molecule has 3 rings (SSSR count). The van der Waals surface area contributed by atoms with Crippen molar-refractivity contribution in [3.8, 4) is 22.8 Å². The number of carbonyl (C=O) groups is 1. The van der Waals surface area contributed by atoms with Crippen LogP contribution in [0.15, 0.2) is 41.3 Å². The fraction of sp³-hybridized carbons (Fsp3) is 0.250. The Morgan fingerprint density at radius 3 is 2.57 bits per heavy atom. The molecular formula is C20H21N3O5. The fourth-order valence-corrected chi connectivity index (χ4v) is 3.18. The Morgan fingerprint density at radius 1 is 1.25 bits per heavy atom. The lowest BCUT2D eigenvalue weighted by Gasteiger charge is -2.17. The van der Waals surface area contributed by atoms with E-state index in [0.29, 0.717) is 22.7 Å². The van der Waals surface area contributed by atoms with Crippen LogP contribution >= 0.6 is 0 Å². The van der Waals surface area contributed by atoms with Crippen LogP contribution in [0.25, 0.3) is 11.3 Å². The third-order valence-corrected chi connectivity index (χ3v) is 4.55. The molecule has 0 fully saturated rings. The number of aromatic nitrogens is 3. The minimum Gasteiger partial charge on any atom is -0.507 e. The Balaban J connectivity index is 2.14. The van der Waals surface area contributed by atoms with E-state index in [1.807, 2.05) is 12.1 Å². The summed E-state index contributed by atoms with van der Waals surface area (Å²) < 4.78 is 9.98. The molecule has 146 valence electrons. The first-order valence-corrected chi connectivity index (χ1v) is 8.61. The summed E-state index contributed by atoms with van der Waals surface area (Å²) in [6.45, 7) is 1.67. The molecule has 1 atom stereocenters. The molecule has 8 nitrogen and oxygen atoms in total. The molecule has 0 saturated carbocycles. The summed E-state index contributed by atoms with van der Waals surface area (Å²) in [6.07, 6.45) is 1.42. The number of methoxy groups -OCH3 is 2. The smallest absolute Gasteiger partial charge is 0.306 e. The van der Waals surface area contributed by atoms with Gasteiger partial charge in [-0.15, -0.1) is 0 Å². The average molecular weight is 383 g/mol. The molecule has 8 heteroatoms. The summed E-state index contributed by atoms with van der Waals surface area (Å²) in [5.74, 6) is -0.737. The number of benzene rings is 1. The molecule has 0 radical (unpaired) electrons. The Hall–Kier alpha value is -3.55. The Bertz CT molecular complexity index is 1040. The van der Waals surface area contributed by atoms with Crippen LogP contribution in [0.4, 0.5) is 0 Å². The highest BCUT2D eigenvalue weighted by Crippen LogP contribution is 2.37. The third-order valence-electron chi connectivity index (χ3n) is 4.55. The van der Waals surface area contributed by atoms with E-state index in [-0.39, 0.29) is 17.7 Å². The predicted molar refractivity (Wildman–Crippen MR) is 103 cm³/mol. The van der Waals surface area contributed by atoms with Crippen molar-refractivity contribution in [1.82, 2.24) is 15.2 Å². The number of aromatic hydroxyl groups is 1. The van der Waals surface area contributed by atoms with E-state index in [1.54, 1.807) is 32.4 Å². The number of esters is 1. The van der Waals surface area contributed by atoms with Crippen molar-refractivity contribution >= 4 is 5.97 Å². The lowest BCUT2D eigenvalue weighted by molar-refractivity contribution is -0.140. The second kappa shape index (κ2) is 7.99. The zero-order chi connectivity index (χ0) is 20.3. The lowest BCUT2D eigenvalue weighted by atomic mass is 9.87. The Labute approximate surface area is 161 Å². The fourth-order valence-electron chi connectivity index (χ4n) is 3.18. The van der Waals surface area contributed by atoms with E-state index in [4.69, 9.17) is 9.47 Å². The van der Waals surface area contributed by atoms with E-state index in [9.17, 15) is 14.7 Å². The molecule has 0 spiro atoms. The number of nitrogens with zero attached hydrogens (tertiary/aromatic N) is 1. The predicted octanol–water partition coefficient (Wildman–Crippen LogP) is 2.48. The van der Waals surface area contributed by atoms with Gasteiger partial charge >= 0.3 is 5.97 Å². The van der Waals surface area contributed by atoms with Gasteiger partial charge in [0.1, 0.15) is 11.5 Å². The largest absolute Gasteiger partial charge is 0.507 e. The maximum absolute atomic E-state index is 12.6. The minimum absolute atomic E-state index is 0.0900. The molecule has 0 aliphatic rings. The highest BCUT2D eigenvalue weighted by atomic mass is 16.5. The Morgan fingerprint density at radius 2 is 1.96 bits per heavy atom. The SMILES string of the molecule is COC(=O)C[C@H](c1cn[nH]c1-c1ccc(OC)cc1)c1c(O)cc(C)[nH]c1=O. The molecule has 2 heterocycles. The van der Waals surface area contributed by atoms with Gasteiger partial charge in [0.15, 0.2) is 0 Å². The summed E-state index contributed by atoms with van der Waals surface area (Å²) in [6, 6.07) is 8.72. The van der Waals surface area contributed by atoms with Crippen molar-refractivity contribution in [1.29, 1.82) is 0 Å². The third kappa shape index (κ3) is 3.75. The van der Waals surface area contributed by atoms with Gasteiger partial charge in [-0.25, -0.2) is 0 Å². The van der Waals surface area contributed by atoms with Crippen LogP contribution in [0.1, 0.15) is 29.2 Å². The molecule has 2 aromatic heterocycles. The van der Waals surface area contributed by atoms with E-state index < -0.39 is 17.4 Å². The van der Waals surface area contributed by atoms with Gasteiger partial charge in [0.25, 0.3) is 5.56 Å². The first kappa shape index (κ1) is 19.2. The first-order chi connectivity index (χ1) is 13.4. The maximum atomic E-state index is 12.6. The highest BCUT2D eigenvalue weighted by Gasteiger charge is 2.28. The molecule has 28 heavy (non-hydrogen) atoms. The van der Waals surface area contributed by atoms with Crippen molar-refractivity contribution in [3.05, 3.63) is 63.7 Å². The van der Waals surface area contributed by atoms with Crippen LogP contribution in [0.5, 0.6) is 11.5 Å². The lowest BCUT2D eigenvalue weighted by Crippen LogP contribution is -2.21. The first-order valence-electron chi connectivity index (χ1n) is 8.61. The average Bonchev–Trinajstić information content (AvgIpc) is 3.16. The van der Waals surface area contributed by atoms with Crippen LogP contribution in [0, 0.1) is 6.92 Å². The van der Waals surface area contributed by atoms with Gasteiger partial charge in [-0.2, -0.15) is 5.10 Å². The number of aryl methyl sites for hydroxylation is 1. The normalized spacial score (nSPS) is 11.8. The van der Waals surface area contributed by atoms with Crippen molar-refractivity contribution in [2.24, 2.45) is 0 Å². The van der Waals surface area contributed by atoms with Crippen LogP contribution < -0.4 is 10.3 Å². The number of rotatable bonds is 6. The number of pyridine rings is 1. The number of hydrogen-bond donors (Lipinski definition) is 3. The zero-order valence-corrected chi connectivity index (χ0v) is 15.8. The molecule has 1 aromatic carbocycles. The summed E-state index contributed by atoms with van der Waals surface area (Å²) in [5, 5.41) is 17.4. The van der Waals surface area contributed by atoms with Gasteiger partial charge in [-0.1, -0.05) is 0 Å². The number of hydrogen-bond acceptors (Lipinski definition) is 6. The van der Waals surface area contributed by atoms with E-state index in [2.05, 4.69) is 15.2 Å². The monoisotopic (exact) mass is 383 g/mol. The van der Waals surface area contributed by atoms with Gasteiger partial charge in [0.05, 0.1) is 38.1 Å². The minimum atomic E-state index is -0.743. The summed E-state index contributed by atoms with van der Waals surface area (Å²) in [5.41, 5.74) is 2.17.